The van der Waals surface area contributed by atoms with Gasteiger partial charge in [0.05, 0.1) is 0 Å². The Labute approximate surface area is 130 Å². The zero-order valence-corrected chi connectivity index (χ0v) is 12.3. The van der Waals surface area contributed by atoms with E-state index in [1.165, 1.54) is 17.3 Å². The van der Waals surface area contributed by atoms with Gasteiger partial charge in [-0.1, -0.05) is 18.2 Å². The molecule has 0 aliphatic heterocycles. The fourth-order valence-corrected chi connectivity index (χ4v) is 2.31. The van der Waals surface area contributed by atoms with Gasteiger partial charge in [-0.2, -0.15) is 5.10 Å². The van der Waals surface area contributed by atoms with Crippen LogP contribution in [-0.2, 0) is 11.3 Å². The third-order valence-electron chi connectivity index (χ3n) is 3.54. The number of carbonyl (C=O) groups excluding carboxylic acids is 1. The van der Waals surface area contributed by atoms with Gasteiger partial charge >= 0.3 is 5.97 Å². The van der Waals surface area contributed by atoms with Crippen molar-refractivity contribution in [1.29, 1.82) is 0 Å². The first-order valence-electron chi connectivity index (χ1n) is 6.93. The summed E-state index contributed by atoms with van der Waals surface area (Å²) in [6.07, 6.45) is 2.79. The summed E-state index contributed by atoms with van der Waals surface area (Å²) in [5.74, 6) is -1.63. The maximum absolute atomic E-state index is 12.2. The predicted octanol–water partition coefficient (Wildman–Crippen LogP) is 1.60. The molecule has 118 valence electrons. The van der Waals surface area contributed by atoms with E-state index in [-0.39, 0.29) is 18.2 Å². The maximum atomic E-state index is 12.2. The Kier molecular flexibility index (Phi) is 3.80. The molecule has 8 nitrogen and oxygen atoms in total. The molecule has 1 aromatic carbocycles. The van der Waals surface area contributed by atoms with Crippen LogP contribution in [0.5, 0.6) is 0 Å². The monoisotopic (exact) mass is 314 g/mol. The summed E-state index contributed by atoms with van der Waals surface area (Å²) >= 11 is 0. The van der Waals surface area contributed by atoms with Gasteiger partial charge in [-0.15, -0.1) is 0 Å². The van der Waals surface area contributed by atoms with Gasteiger partial charge in [0.1, 0.15) is 24.3 Å². The quantitative estimate of drug-likeness (QED) is 0.740. The Morgan fingerprint density at radius 2 is 2.17 bits per heavy atom. The second-order valence-corrected chi connectivity index (χ2v) is 4.98. The molecule has 0 aliphatic carbocycles. The molecule has 0 radical (unpaired) electrons. The first kappa shape index (κ1) is 14.8. The van der Waals surface area contributed by atoms with Crippen LogP contribution >= 0.6 is 0 Å². The summed E-state index contributed by atoms with van der Waals surface area (Å²) in [7, 11) is 0. The molecule has 0 saturated carbocycles. The van der Waals surface area contributed by atoms with Gasteiger partial charge in [0.2, 0.25) is 11.7 Å². The van der Waals surface area contributed by atoms with E-state index in [2.05, 4.69) is 15.4 Å². The van der Waals surface area contributed by atoms with Gasteiger partial charge in [0.25, 0.3) is 0 Å². The van der Waals surface area contributed by atoms with Crippen LogP contribution in [0.4, 0.5) is 0 Å². The first-order chi connectivity index (χ1) is 11.1. The van der Waals surface area contributed by atoms with E-state index in [0.717, 1.165) is 0 Å². The van der Waals surface area contributed by atoms with E-state index < -0.39 is 12.0 Å². The number of nitrogens with zero attached hydrogens (tertiary/aromatic N) is 3. The van der Waals surface area contributed by atoms with E-state index >= 15 is 0 Å². The molecule has 2 heterocycles. The lowest BCUT2D eigenvalue weighted by atomic mass is 10.1. The number of carboxylic acid groups (broad SMARTS) is 1. The summed E-state index contributed by atoms with van der Waals surface area (Å²) < 4.78 is 6.76. The minimum Gasteiger partial charge on any atom is -0.475 e. The van der Waals surface area contributed by atoms with Crippen LogP contribution in [0.1, 0.15) is 29.1 Å². The highest BCUT2D eigenvalue weighted by atomic mass is 16.4. The molecule has 0 spiro atoms. The van der Waals surface area contributed by atoms with E-state index in [1.54, 1.807) is 31.2 Å². The van der Waals surface area contributed by atoms with Crippen molar-refractivity contribution in [3.05, 3.63) is 48.2 Å². The fraction of sp³-hybridized carbons (Fsp3) is 0.200. The highest BCUT2D eigenvalue weighted by molar-refractivity contribution is 5.95. The van der Waals surface area contributed by atoms with Gasteiger partial charge < -0.3 is 14.8 Å². The van der Waals surface area contributed by atoms with Crippen LogP contribution in [0.3, 0.4) is 0 Å². The molecule has 1 atom stereocenters. The summed E-state index contributed by atoms with van der Waals surface area (Å²) in [4.78, 5) is 27.3. The van der Waals surface area contributed by atoms with Gasteiger partial charge in [0.15, 0.2) is 0 Å². The zero-order valence-electron chi connectivity index (χ0n) is 12.3. The average Bonchev–Trinajstić information content (AvgIpc) is 3.19. The molecule has 2 aromatic heterocycles. The van der Waals surface area contributed by atoms with E-state index in [1.807, 2.05) is 0 Å². The normalized spacial score (nSPS) is 12.2. The third-order valence-corrected chi connectivity index (χ3v) is 3.54. The number of amides is 1. The van der Waals surface area contributed by atoms with Crippen molar-refractivity contribution in [1.82, 2.24) is 20.1 Å². The van der Waals surface area contributed by atoms with E-state index in [4.69, 9.17) is 4.42 Å². The van der Waals surface area contributed by atoms with Crippen LogP contribution < -0.4 is 5.32 Å². The number of carbonyl (C=O) groups is 2. The van der Waals surface area contributed by atoms with Crippen molar-refractivity contribution in [2.24, 2.45) is 0 Å². The number of nitrogens with one attached hydrogen (secondary N) is 1. The highest BCUT2D eigenvalue weighted by Crippen LogP contribution is 2.25. The topological polar surface area (TPSA) is 110 Å². The van der Waals surface area contributed by atoms with Crippen LogP contribution in [0.2, 0.25) is 0 Å². The average molecular weight is 314 g/mol. The molecule has 23 heavy (non-hydrogen) atoms. The molecular weight excluding hydrogens is 300 g/mol. The molecule has 3 aromatic rings. The molecule has 1 unspecified atom stereocenters. The number of aromatic carboxylic acids is 1. The van der Waals surface area contributed by atoms with Gasteiger partial charge in [-0.3, -0.25) is 4.79 Å². The Hall–Kier alpha value is -3.16. The smallest absolute Gasteiger partial charge is 0.372 e. The predicted molar refractivity (Wildman–Crippen MR) is 79.8 cm³/mol. The maximum Gasteiger partial charge on any atom is 0.372 e. The number of carboxylic acids is 1. The lowest BCUT2D eigenvalue weighted by molar-refractivity contribution is -0.124. The SMILES string of the molecule is CC(C(=O)NCc1c(C(=O)O)oc2ccccc12)n1cncn1. The summed E-state index contributed by atoms with van der Waals surface area (Å²) in [6, 6.07) is 6.43. The van der Waals surface area contributed by atoms with Crippen molar-refractivity contribution in [2.75, 3.05) is 0 Å². The minimum absolute atomic E-state index is 0.0521. The lowest BCUT2D eigenvalue weighted by Crippen LogP contribution is -2.31. The Balaban J connectivity index is 1.82. The van der Waals surface area contributed by atoms with Crippen molar-refractivity contribution in [3.8, 4) is 0 Å². The van der Waals surface area contributed by atoms with Crippen molar-refractivity contribution in [3.63, 3.8) is 0 Å². The largest absolute Gasteiger partial charge is 0.475 e. The summed E-state index contributed by atoms with van der Waals surface area (Å²) in [5.41, 5.74) is 0.908. The highest BCUT2D eigenvalue weighted by Gasteiger charge is 2.21. The molecule has 2 N–H and O–H groups in total. The Bertz CT molecular complexity index is 854. The van der Waals surface area contributed by atoms with Gasteiger partial charge in [0, 0.05) is 17.5 Å². The number of aromatic nitrogens is 3. The standard InChI is InChI=1S/C15H14N4O4/c1-9(19-8-16-7-18-19)14(20)17-6-11-10-4-2-3-5-12(10)23-13(11)15(21)22/h2-5,7-9H,6H2,1H3,(H,17,20)(H,21,22). The summed E-state index contributed by atoms with van der Waals surface area (Å²) in [6.45, 7) is 1.73. The van der Waals surface area contributed by atoms with E-state index in [9.17, 15) is 14.7 Å². The number of benzene rings is 1. The number of rotatable bonds is 5. The second-order valence-electron chi connectivity index (χ2n) is 4.98. The minimum atomic E-state index is -1.17. The second kappa shape index (κ2) is 5.91. The van der Waals surface area contributed by atoms with Crippen LogP contribution in [0.25, 0.3) is 11.0 Å². The number of furan rings is 1. The molecule has 0 saturated heterocycles. The Morgan fingerprint density at radius 1 is 1.39 bits per heavy atom. The number of hydrogen-bond donors (Lipinski definition) is 2. The van der Waals surface area contributed by atoms with Gasteiger partial charge in [-0.25, -0.2) is 14.5 Å². The molecular formula is C15H14N4O4. The Morgan fingerprint density at radius 3 is 2.87 bits per heavy atom. The number of hydrogen-bond acceptors (Lipinski definition) is 5. The third kappa shape index (κ3) is 2.78. The lowest BCUT2D eigenvalue weighted by Gasteiger charge is -2.11. The molecule has 8 heteroatoms. The summed E-state index contributed by atoms with van der Waals surface area (Å²) in [5, 5.41) is 16.5. The number of fused-ring (bicyclic) bond motifs is 1. The van der Waals surface area contributed by atoms with E-state index in [0.29, 0.717) is 16.5 Å². The molecule has 1 amide bonds. The molecule has 3 rings (SSSR count). The zero-order chi connectivity index (χ0) is 16.4. The van der Waals surface area contributed by atoms with Crippen LogP contribution in [-0.4, -0.2) is 31.7 Å². The van der Waals surface area contributed by atoms with Gasteiger partial charge in [-0.05, 0) is 13.0 Å². The van der Waals surface area contributed by atoms with Crippen molar-refractivity contribution < 1.29 is 19.1 Å². The van der Waals surface area contributed by atoms with Crippen LogP contribution in [0, 0.1) is 0 Å². The van der Waals surface area contributed by atoms with Crippen molar-refractivity contribution >= 4 is 22.8 Å². The molecule has 0 fully saturated rings. The fourth-order valence-electron chi connectivity index (χ4n) is 2.31. The van der Waals surface area contributed by atoms with Crippen molar-refractivity contribution in [2.45, 2.75) is 19.5 Å². The molecule has 0 bridgehead atoms. The van der Waals surface area contributed by atoms with Crippen LogP contribution in [0.15, 0.2) is 41.3 Å². The number of para-hydroxylation sites is 1. The first-order valence-corrected chi connectivity index (χ1v) is 6.93. The molecule has 0 aliphatic rings.